The van der Waals surface area contributed by atoms with Crippen molar-refractivity contribution < 1.29 is 21.7 Å². The van der Waals surface area contributed by atoms with Gasteiger partial charge in [0.15, 0.2) is 5.75 Å². The molecule has 1 heterocycles. The molecule has 0 spiro atoms. The first-order chi connectivity index (χ1) is 13.0. The van der Waals surface area contributed by atoms with Crippen molar-refractivity contribution in [2.75, 3.05) is 7.11 Å². The second kappa shape index (κ2) is 6.68. The molecule has 0 unspecified atom stereocenters. The van der Waals surface area contributed by atoms with E-state index in [0.717, 1.165) is 5.56 Å². The average Bonchev–Trinajstić information content (AvgIpc) is 2.67. The Morgan fingerprint density at radius 3 is 2.44 bits per heavy atom. The average molecular weight is 385 g/mol. The number of benzene rings is 3. The molecular formula is C20H16FNO4S. The molecule has 4 rings (SSSR count). The normalized spacial score (nSPS) is 14.9. The minimum absolute atomic E-state index is 0.137. The van der Waals surface area contributed by atoms with Crippen molar-refractivity contribution in [3.63, 3.8) is 0 Å². The van der Waals surface area contributed by atoms with Crippen molar-refractivity contribution in [1.82, 2.24) is 4.72 Å². The van der Waals surface area contributed by atoms with Crippen molar-refractivity contribution in [3.8, 4) is 33.8 Å². The Labute approximate surface area is 156 Å². The van der Waals surface area contributed by atoms with Crippen molar-refractivity contribution in [3.05, 3.63) is 72.0 Å². The minimum Gasteiger partial charge on any atom is -0.497 e. The first-order valence-electron chi connectivity index (χ1n) is 8.22. The van der Waals surface area contributed by atoms with Gasteiger partial charge in [-0.2, -0.15) is 13.1 Å². The molecule has 0 amide bonds. The van der Waals surface area contributed by atoms with Crippen LogP contribution in [0.2, 0.25) is 0 Å². The third-order valence-electron chi connectivity index (χ3n) is 4.41. The predicted molar refractivity (Wildman–Crippen MR) is 100 cm³/mol. The van der Waals surface area contributed by atoms with Gasteiger partial charge in [0.05, 0.1) is 7.11 Å². The van der Waals surface area contributed by atoms with E-state index in [2.05, 4.69) is 4.72 Å². The Morgan fingerprint density at radius 1 is 1.00 bits per heavy atom. The summed E-state index contributed by atoms with van der Waals surface area (Å²) >= 11 is 0. The third kappa shape index (κ3) is 3.39. The quantitative estimate of drug-likeness (QED) is 0.743. The van der Waals surface area contributed by atoms with Gasteiger partial charge in [-0.3, -0.25) is 0 Å². The first-order valence-corrected chi connectivity index (χ1v) is 9.63. The second-order valence-electron chi connectivity index (χ2n) is 6.08. The number of hydrogen-bond acceptors (Lipinski definition) is 4. The Kier molecular flexibility index (Phi) is 4.33. The third-order valence-corrected chi connectivity index (χ3v) is 5.29. The van der Waals surface area contributed by atoms with E-state index in [1.54, 1.807) is 61.7 Å². The van der Waals surface area contributed by atoms with Gasteiger partial charge in [0, 0.05) is 23.2 Å². The van der Waals surface area contributed by atoms with E-state index in [0.29, 0.717) is 28.0 Å². The lowest BCUT2D eigenvalue weighted by Gasteiger charge is -2.20. The van der Waals surface area contributed by atoms with Crippen LogP contribution in [-0.4, -0.2) is 15.5 Å². The topological polar surface area (TPSA) is 64.6 Å². The van der Waals surface area contributed by atoms with Crippen LogP contribution in [-0.2, 0) is 16.8 Å². The molecule has 0 saturated carbocycles. The van der Waals surface area contributed by atoms with Crippen LogP contribution in [0.25, 0.3) is 22.3 Å². The second-order valence-corrected chi connectivity index (χ2v) is 7.44. The number of hydrogen-bond donors (Lipinski definition) is 1. The molecule has 0 atom stereocenters. The summed E-state index contributed by atoms with van der Waals surface area (Å²) in [7, 11) is -2.28. The van der Waals surface area contributed by atoms with E-state index in [4.69, 9.17) is 8.92 Å². The van der Waals surface area contributed by atoms with Crippen molar-refractivity contribution in [2.24, 2.45) is 0 Å². The van der Waals surface area contributed by atoms with E-state index in [1.165, 1.54) is 6.07 Å². The zero-order valence-corrected chi connectivity index (χ0v) is 15.2. The van der Waals surface area contributed by atoms with Crippen LogP contribution in [0.1, 0.15) is 5.56 Å². The van der Waals surface area contributed by atoms with Crippen LogP contribution in [0.5, 0.6) is 11.5 Å². The molecule has 0 aliphatic carbocycles. The van der Waals surface area contributed by atoms with Gasteiger partial charge in [-0.1, -0.05) is 42.5 Å². The summed E-state index contributed by atoms with van der Waals surface area (Å²) in [4.78, 5) is 0. The van der Waals surface area contributed by atoms with Crippen molar-refractivity contribution >= 4 is 10.3 Å². The van der Waals surface area contributed by atoms with Gasteiger partial charge in [-0.05, 0) is 29.3 Å². The highest BCUT2D eigenvalue weighted by atomic mass is 32.2. The summed E-state index contributed by atoms with van der Waals surface area (Å²) in [6.07, 6.45) is 0. The largest absolute Gasteiger partial charge is 0.497 e. The molecule has 27 heavy (non-hydrogen) atoms. The highest BCUT2D eigenvalue weighted by molar-refractivity contribution is 7.85. The van der Waals surface area contributed by atoms with E-state index in [-0.39, 0.29) is 12.3 Å². The maximum absolute atomic E-state index is 14.8. The van der Waals surface area contributed by atoms with Gasteiger partial charge >= 0.3 is 10.3 Å². The number of fused-ring (bicyclic) bond motifs is 1. The fraction of sp³-hybridized carbons (Fsp3) is 0.100. The maximum Gasteiger partial charge on any atom is 0.382 e. The van der Waals surface area contributed by atoms with Crippen LogP contribution in [0.15, 0.2) is 60.7 Å². The number of para-hydroxylation sites is 1. The van der Waals surface area contributed by atoms with Gasteiger partial charge < -0.3 is 8.92 Å². The van der Waals surface area contributed by atoms with Gasteiger partial charge in [-0.15, -0.1) is 0 Å². The highest BCUT2D eigenvalue weighted by Gasteiger charge is 2.25. The van der Waals surface area contributed by atoms with E-state index < -0.39 is 16.1 Å². The number of nitrogens with one attached hydrogen (secondary N) is 1. The van der Waals surface area contributed by atoms with E-state index in [9.17, 15) is 12.8 Å². The summed E-state index contributed by atoms with van der Waals surface area (Å²) in [6, 6.07) is 17.1. The van der Waals surface area contributed by atoms with Crippen molar-refractivity contribution in [1.29, 1.82) is 0 Å². The number of rotatable bonds is 3. The Bertz CT molecular complexity index is 1110. The summed E-state index contributed by atoms with van der Waals surface area (Å²) in [6.45, 7) is 0.137. The molecule has 1 N–H and O–H groups in total. The molecule has 1 aliphatic rings. The summed E-state index contributed by atoms with van der Waals surface area (Å²) < 4.78 is 50.8. The molecule has 0 radical (unpaired) electrons. The van der Waals surface area contributed by atoms with E-state index in [1.807, 2.05) is 0 Å². The lowest BCUT2D eigenvalue weighted by Crippen LogP contribution is -2.32. The highest BCUT2D eigenvalue weighted by Crippen LogP contribution is 2.37. The molecule has 5 nitrogen and oxygen atoms in total. The summed E-state index contributed by atoms with van der Waals surface area (Å²) in [5, 5.41) is 0. The number of ether oxygens (including phenoxy) is 1. The number of methoxy groups -OCH3 is 1. The zero-order chi connectivity index (χ0) is 19.0. The minimum atomic E-state index is -3.85. The lowest BCUT2D eigenvalue weighted by molar-refractivity contribution is 0.415. The van der Waals surface area contributed by atoms with Crippen molar-refractivity contribution in [2.45, 2.75) is 6.54 Å². The smallest absolute Gasteiger partial charge is 0.382 e. The van der Waals surface area contributed by atoms with Crippen LogP contribution >= 0.6 is 0 Å². The molecule has 0 saturated heterocycles. The van der Waals surface area contributed by atoms with Crippen LogP contribution in [0.4, 0.5) is 4.39 Å². The molecule has 0 fully saturated rings. The first kappa shape index (κ1) is 17.5. The van der Waals surface area contributed by atoms with Crippen LogP contribution in [0, 0.1) is 5.82 Å². The maximum atomic E-state index is 14.8. The molecule has 0 aromatic heterocycles. The van der Waals surface area contributed by atoms with Crippen LogP contribution in [0.3, 0.4) is 0 Å². The summed E-state index contributed by atoms with van der Waals surface area (Å²) in [5.41, 5.74) is 2.93. The Hall–Kier alpha value is -2.90. The molecule has 138 valence electrons. The monoisotopic (exact) mass is 385 g/mol. The molecule has 0 bridgehead atoms. The van der Waals surface area contributed by atoms with Gasteiger partial charge in [0.1, 0.15) is 11.6 Å². The lowest BCUT2D eigenvalue weighted by atomic mass is 9.97. The molecule has 3 aromatic carbocycles. The molecule has 7 heteroatoms. The number of halogens is 1. The molecule has 3 aromatic rings. The van der Waals surface area contributed by atoms with Gasteiger partial charge in [0.2, 0.25) is 0 Å². The standard InChI is InChI=1S/C20H16FNO4S/c1-25-16-8-5-13(6-9-16)17-10-7-14(11-19(17)21)18-4-2-3-15-12-22-27(23,24)26-20(15)18/h2-11,22H,12H2,1H3. The predicted octanol–water partition coefficient (Wildman–Crippen LogP) is 3.90. The van der Waals surface area contributed by atoms with Gasteiger partial charge in [0.25, 0.3) is 0 Å². The fourth-order valence-corrected chi connectivity index (χ4v) is 3.85. The van der Waals surface area contributed by atoms with Crippen LogP contribution < -0.4 is 13.6 Å². The Balaban J connectivity index is 1.75. The SMILES string of the molecule is COc1ccc(-c2ccc(-c3cccc4c3OS(=O)(=O)NC4)cc2F)cc1. The summed E-state index contributed by atoms with van der Waals surface area (Å²) in [5.74, 6) is 0.513. The fourth-order valence-electron chi connectivity index (χ4n) is 3.04. The van der Waals surface area contributed by atoms with E-state index >= 15 is 0 Å². The molecule has 1 aliphatic heterocycles. The van der Waals surface area contributed by atoms with Gasteiger partial charge in [-0.25, -0.2) is 4.39 Å². The zero-order valence-electron chi connectivity index (χ0n) is 14.4. The Morgan fingerprint density at radius 2 is 1.74 bits per heavy atom. The molecular weight excluding hydrogens is 369 g/mol.